The third kappa shape index (κ3) is 7.43. The molecule has 1 aromatic carbocycles. The van der Waals surface area contributed by atoms with E-state index in [1.165, 1.54) is 0 Å². The normalized spacial score (nSPS) is 14.5. The molecule has 176 valence electrons. The number of ether oxygens (including phenoxy) is 2. The van der Waals surface area contributed by atoms with Crippen molar-refractivity contribution >= 4 is 35.8 Å². The largest absolute Gasteiger partial charge is 0.493 e. The predicted octanol–water partition coefficient (Wildman–Crippen LogP) is 4.14. The Labute approximate surface area is 209 Å². The van der Waals surface area contributed by atoms with Crippen LogP contribution in [-0.4, -0.2) is 50.3 Å². The second-order valence-corrected chi connectivity index (χ2v) is 7.66. The molecular formula is C24H36IN5O2. The number of hydrogen-bond acceptors (Lipinski definition) is 5. The average molecular weight is 553 g/mol. The lowest BCUT2D eigenvalue weighted by atomic mass is 10.1. The van der Waals surface area contributed by atoms with Crippen molar-refractivity contribution in [1.82, 2.24) is 15.6 Å². The molecule has 1 aliphatic rings. The smallest absolute Gasteiger partial charge is 0.191 e. The standard InChI is InChI=1S/C24H35N5O2.HI/c1-5-25-24(26-17-19-10-11-21(30-4)22(16-19)31-6-2)28-20-12-14-29(15-13-20)23-9-7-8-18(3)27-23;/h7-11,16,20H,5-6,12-15,17H2,1-4H3,(H2,25,26,28);1H. The van der Waals surface area contributed by atoms with E-state index in [0.717, 1.165) is 67.0 Å². The molecule has 0 amide bonds. The molecule has 3 rings (SSSR count). The highest BCUT2D eigenvalue weighted by Crippen LogP contribution is 2.28. The van der Waals surface area contributed by atoms with E-state index in [4.69, 9.17) is 14.5 Å². The summed E-state index contributed by atoms with van der Waals surface area (Å²) in [6.45, 7) is 10.1. The molecule has 32 heavy (non-hydrogen) atoms. The Hall–Kier alpha value is -2.23. The zero-order valence-electron chi connectivity index (χ0n) is 19.6. The van der Waals surface area contributed by atoms with E-state index >= 15 is 0 Å². The van der Waals surface area contributed by atoms with Gasteiger partial charge in [-0.05, 0) is 63.4 Å². The molecule has 0 spiro atoms. The number of rotatable bonds is 8. The van der Waals surface area contributed by atoms with Gasteiger partial charge in [0.15, 0.2) is 17.5 Å². The van der Waals surface area contributed by atoms with Gasteiger partial charge in [-0.1, -0.05) is 12.1 Å². The minimum absolute atomic E-state index is 0. The van der Waals surface area contributed by atoms with Gasteiger partial charge in [0.05, 0.1) is 20.3 Å². The minimum Gasteiger partial charge on any atom is -0.493 e. The van der Waals surface area contributed by atoms with Crippen molar-refractivity contribution in [2.24, 2.45) is 4.99 Å². The molecule has 0 unspecified atom stereocenters. The van der Waals surface area contributed by atoms with E-state index in [-0.39, 0.29) is 24.0 Å². The first-order valence-electron chi connectivity index (χ1n) is 11.2. The van der Waals surface area contributed by atoms with Crippen molar-refractivity contribution < 1.29 is 9.47 Å². The van der Waals surface area contributed by atoms with E-state index < -0.39 is 0 Å². The second-order valence-electron chi connectivity index (χ2n) is 7.66. The van der Waals surface area contributed by atoms with Crippen molar-refractivity contribution in [3.63, 3.8) is 0 Å². The van der Waals surface area contributed by atoms with Crippen molar-refractivity contribution in [1.29, 1.82) is 0 Å². The van der Waals surface area contributed by atoms with Crippen LogP contribution in [0.4, 0.5) is 5.82 Å². The average Bonchev–Trinajstić information content (AvgIpc) is 2.78. The molecule has 1 aliphatic heterocycles. The summed E-state index contributed by atoms with van der Waals surface area (Å²) >= 11 is 0. The summed E-state index contributed by atoms with van der Waals surface area (Å²) in [5, 5.41) is 6.98. The lowest BCUT2D eigenvalue weighted by molar-refractivity contribution is 0.310. The van der Waals surface area contributed by atoms with Gasteiger partial charge in [-0.15, -0.1) is 24.0 Å². The number of pyridine rings is 1. The summed E-state index contributed by atoms with van der Waals surface area (Å²) in [6.07, 6.45) is 2.11. The number of nitrogens with one attached hydrogen (secondary N) is 2. The molecule has 8 heteroatoms. The fourth-order valence-corrected chi connectivity index (χ4v) is 3.73. The lowest BCUT2D eigenvalue weighted by Gasteiger charge is -2.34. The maximum atomic E-state index is 5.68. The van der Waals surface area contributed by atoms with Gasteiger partial charge < -0.3 is 25.0 Å². The van der Waals surface area contributed by atoms with Crippen molar-refractivity contribution in [3.05, 3.63) is 47.7 Å². The van der Waals surface area contributed by atoms with Gasteiger partial charge in [0.2, 0.25) is 0 Å². The highest BCUT2D eigenvalue weighted by atomic mass is 127. The van der Waals surface area contributed by atoms with E-state index in [9.17, 15) is 0 Å². The zero-order valence-corrected chi connectivity index (χ0v) is 21.9. The molecule has 0 saturated carbocycles. The van der Waals surface area contributed by atoms with Crippen LogP contribution >= 0.6 is 24.0 Å². The SMILES string of the molecule is CCNC(=NCc1ccc(OC)c(OCC)c1)NC1CCN(c2cccc(C)n2)CC1.I. The van der Waals surface area contributed by atoms with Crippen LogP contribution < -0.4 is 25.0 Å². The quantitative estimate of drug-likeness (QED) is 0.291. The molecule has 2 aromatic rings. The second kappa shape index (κ2) is 13.3. The fourth-order valence-electron chi connectivity index (χ4n) is 3.73. The Morgan fingerprint density at radius 1 is 1.16 bits per heavy atom. The van der Waals surface area contributed by atoms with Crippen LogP contribution in [0.1, 0.15) is 37.9 Å². The van der Waals surface area contributed by atoms with E-state index in [1.54, 1.807) is 7.11 Å². The van der Waals surface area contributed by atoms with Crippen molar-refractivity contribution in [3.8, 4) is 11.5 Å². The molecule has 2 N–H and O–H groups in total. The van der Waals surface area contributed by atoms with Gasteiger partial charge in [-0.25, -0.2) is 9.98 Å². The number of piperidine rings is 1. The fraction of sp³-hybridized carbons (Fsp3) is 0.500. The summed E-state index contributed by atoms with van der Waals surface area (Å²) in [4.78, 5) is 11.8. The maximum absolute atomic E-state index is 5.68. The molecule has 0 atom stereocenters. The minimum atomic E-state index is 0. The Kier molecular flexibility index (Phi) is 10.9. The summed E-state index contributed by atoms with van der Waals surface area (Å²) in [5.41, 5.74) is 2.15. The van der Waals surface area contributed by atoms with Crippen LogP contribution in [0.3, 0.4) is 0 Å². The molecule has 7 nitrogen and oxygen atoms in total. The molecular weight excluding hydrogens is 517 g/mol. The Morgan fingerprint density at radius 2 is 1.94 bits per heavy atom. The summed E-state index contributed by atoms with van der Waals surface area (Å²) in [7, 11) is 1.66. The molecule has 1 fully saturated rings. The Morgan fingerprint density at radius 3 is 2.59 bits per heavy atom. The van der Waals surface area contributed by atoms with Crippen molar-refractivity contribution in [2.75, 3.05) is 38.3 Å². The van der Waals surface area contributed by atoms with Crippen LogP contribution in [0.25, 0.3) is 0 Å². The van der Waals surface area contributed by atoms with Crippen molar-refractivity contribution in [2.45, 2.75) is 46.2 Å². The van der Waals surface area contributed by atoms with Crippen LogP contribution in [0.2, 0.25) is 0 Å². The van der Waals surface area contributed by atoms with Crippen LogP contribution in [0.5, 0.6) is 11.5 Å². The molecule has 1 aromatic heterocycles. The number of nitrogens with zero attached hydrogens (tertiary/aromatic N) is 3. The summed E-state index contributed by atoms with van der Waals surface area (Å²) < 4.78 is 11.1. The molecule has 0 radical (unpaired) electrons. The van der Waals surface area contributed by atoms with Gasteiger partial charge >= 0.3 is 0 Å². The van der Waals surface area contributed by atoms with Gasteiger partial charge in [0.1, 0.15) is 5.82 Å². The number of methoxy groups -OCH3 is 1. The zero-order chi connectivity index (χ0) is 22.1. The monoisotopic (exact) mass is 553 g/mol. The molecule has 1 saturated heterocycles. The summed E-state index contributed by atoms with van der Waals surface area (Å²) in [5.74, 6) is 3.43. The van der Waals surface area contributed by atoms with Crippen LogP contribution in [-0.2, 0) is 6.54 Å². The Bertz CT molecular complexity index is 869. The number of aryl methyl sites for hydroxylation is 1. The third-order valence-corrected chi connectivity index (χ3v) is 5.33. The van der Waals surface area contributed by atoms with Gasteiger partial charge in [-0.2, -0.15) is 0 Å². The first-order valence-corrected chi connectivity index (χ1v) is 11.2. The predicted molar refractivity (Wildman–Crippen MR) is 142 cm³/mol. The molecule has 0 aliphatic carbocycles. The number of anilines is 1. The number of benzene rings is 1. The van der Waals surface area contributed by atoms with Crippen LogP contribution in [0, 0.1) is 6.92 Å². The van der Waals surface area contributed by atoms with Gasteiger partial charge in [-0.3, -0.25) is 0 Å². The van der Waals surface area contributed by atoms with Crippen LogP contribution in [0.15, 0.2) is 41.4 Å². The number of aromatic nitrogens is 1. The highest BCUT2D eigenvalue weighted by Gasteiger charge is 2.21. The first kappa shape index (κ1) is 26.0. The highest BCUT2D eigenvalue weighted by molar-refractivity contribution is 14.0. The number of hydrogen-bond donors (Lipinski definition) is 2. The van der Waals surface area contributed by atoms with E-state index in [1.807, 2.05) is 38.1 Å². The summed E-state index contributed by atoms with van der Waals surface area (Å²) in [6, 6.07) is 12.6. The van der Waals surface area contributed by atoms with Gasteiger partial charge in [0.25, 0.3) is 0 Å². The Balaban J connectivity index is 0.00000363. The lowest BCUT2D eigenvalue weighted by Crippen LogP contribution is -2.48. The number of halogens is 1. The third-order valence-electron chi connectivity index (χ3n) is 5.33. The van der Waals surface area contributed by atoms with Gasteiger partial charge in [0, 0.05) is 31.4 Å². The molecule has 2 heterocycles. The number of guanidine groups is 1. The topological polar surface area (TPSA) is 71.0 Å². The maximum Gasteiger partial charge on any atom is 0.191 e. The van der Waals surface area contributed by atoms with E-state index in [0.29, 0.717) is 19.2 Å². The first-order chi connectivity index (χ1) is 15.1. The number of aliphatic imine (C=N–C) groups is 1. The molecule has 0 bridgehead atoms. The van der Waals surface area contributed by atoms with E-state index in [2.05, 4.69) is 39.6 Å².